The summed E-state index contributed by atoms with van der Waals surface area (Å²) in [6, 6.07) is 10.1. The first kappa shape index (κ1) is 16.3. The second kappa shape index (κ2) is 7.00. The molecule has 2 aliphatic heterocycles. The number of oxazole rings is 1. The van der Waals surface area contributed by atoms with E-state index in [1.54, 1.807) is 0 Å². The SMILES string of the molecule is Cc1oc(-c2ccccc2)nc1C(=O)N1CCC[C@H]1CN1CCCC1. The lowest BCUT2D eigenvalue weighted by Gasteiger charge is -2.28. The number of hydrogen-bond acceptors (Lipinski definition) is 4. The standard InChI is InChI=1S/C20H25N3O2/c1-15-18(21-19(25-15)16-8-3-2-4-9-16)20(24)23-13-7-10-17(23)14-22-11-5-6-12-22/h2-4,8-9,17H,5-7,10-14H2,1H3/t17-/m0/s1. The number of rotatable bonds is 4. The van der Waals surface area contributed by atoms with Crippen LogP contribution in [-0.2, 0) is 0 Å². The van der Waals surface area contributed by atoms with Crippen molar-refractivity contribution >= 4 is 5.91 Å². The zero-order valence-corrected chi connectivity index (χ0v) is 14.8. The average molecular weight is 339 g/mol. The van der Waals surface area contributed by atoms with Gasteiger partial charge in [-0.15, -0.1) is 0 Å². The molecule has 1 aromatic heterocycles. The third-order valence-corrected chi connectivity index (χ3v) is 5.33. The summed E-state index contributed by atoms with van der Waals surface area (Å²) in [7, 11) is 0. The minimum Gasteiger partial charge on any atom is -0.441 e. The van der Waals surface area contributed by atoms with Gasteiger partial charge in [0.15, 0.2) is 5.69 Å². The highest BCUT2D eigenvalue weighted by Gasteiger charge is 2.33. The molecule has 2 fully saturated rings. The average Bonchev–Trinajstić information content (AvgIpc) is 3.37. The van der Waals surface area contributed by atoms with Crippen LogP contribution in [0.1, 0.15) is 41.9 Å². The maximum atomic E-state index is 13.1. The van der Waals surface area contributed by atoms with E-state index in [1.807, 2.05) is 42.2 Å². The van der Waals surface area contributed by atoms with Crippen LogP contribution in [-0.4, -0.2) is 52.9 Å². The monoisotopic (exact) mass is 339 g/mol. The van der Waals surface area contributed by atoms with Gasteiger partial charge in [-0.05, 0) is 57.8 Å². The molecule has 2 aromatic rings. The molecule has 0 bridgehead atoms. The first-order valence-electron chi connectivity index (χ1n) is 9.28. The Morgan fingerprint density at radius 3 is 2.68 bits per heavy atom. The largest absolute Gasteiger partial charge is 0.441 e. The molecule has 2 saturated heterocycles. The Balaban J connectivity index is 1.52. The lowest BCUT2D eigenvalue weighted by Crippen LogP contribution is -2.42. The molecule has 2 aliphatic rings. The highest BCUT2D eigenvalue weighted by molar-refractivity contribution is 5.94. The van der Waals surface area contributed by atoms with Gasteiger partial charge in [0, 0.05) is 24.7 Å². The summed E-state index contributed by atoms with van der Waals surface area (Å²) in [4.78, 5) is 22.1. The molecule has 0 saturated carbocycles. The number of hydrogen-bond donors (Lipinski definition) is 0. The predicted octanol–water partition coefficient (Wildman–Crippen LogP) is 3.35. The van der Waals surface area contributed by atoms with Gasteiger partial charge in [-0.3, -0.25) is 4.79 Å². The number of likely N-dealkylation sites (tertiary alicyclic amines) is 2. The summed E-state index contributed by atoms with van der Waals surface area (Å²) >= 11 is 0. The van der Waals surface area contributed by atoms with E-state index in [0.717, 1.165) is 31.5 Å². The normalized spacial score (nSPS) is 21.2. The smallest absolute Gasteiger partial charge is 0.276 e. The van der Waals surface area contributed by atoms with Crippen molar-refractivity contribution in [1.29, 1.82) is 0 Å². The van der Waals surface area contributed by atoms with Crippen LogP contribution in [0.25, 0.3) is 11.5 Å². The molecular weight excluding hydrogens is 314 g/mol. The molecule has 5 heteroatoms. The molecule has 0 N–H and O–H groups in total. The quantitative estimate of drug-likeness (QED) is 0.857. The van der Waals surface area contributed by atoms with Crippen LogP contribution in [0, 0.1) is 6.92 Å². The summed E-state index contributed by atoms with van der Waals surface area (Å²) in [5, 5.41) is 0. The van der Waals surface area contributed by atoms with Crippen molar-refractivity contribution in [3.8, 4) is 11.5 Å². The van der Waals surface area contributed by atoms with E-state index in [4.69, 9.17) is 4.42 Å². The molecule has 5 nitrogen and oxygen atoms in total. The predicted molar refractivity (Wildman–Crippen MR) is 96.4 cm³/mol. The van der Waals surface area contributed by atoms with Crippen LogP contribution in [0.3, 0.4) is 0 Å². The maximum Gasteiger partial charge on any atom is 0.276 e. The summed E-state index contributed by atoms with van der Waals surface area (Å²) in [6.45, 7) is 5.98. The number of carbonyl (C=O) groups excluding carboxylic acids is 1. The number of aryl methyl sites for hydroxylation is 1. The number of aromatic nitrogens is 1. The van der Waals surface area contributed by atoms with Crippen molar-refractivity contribution in [3.05, 3.63) is 41.8 Å². The minimum absolute atomic E-state index is 0.0186. The molecule has 0 aliphatic carbocycles. The molecule has 1 amide bonds. The van der Waals surface area contributed by atoms with E-state index in [0.29, 0.717) is 23.4 Å². The number of benzene rings is 1. The van der Waals surface area contributed by atoms with Gasteiger partial charge in [-0.25, -0.2) is 4.98 Å². The molecule has 0 unspecified atom stereocenters. The van der Waals surface area contributed by atoms with Crippen LogP contribution in [0.4, 0.5) is 0 Å². The molecule has 0 radical (unpaired) electrons. The Hall–Kier alpha value is -2.14. The number of carbonyl (C=O) groups is 1. The van der Waals surface area contributed by atoms with E-state index < -0.39 is 0 Å². The fraction of sp³-hybridized carbons (Fsp3) is 0.500. The van der Waals surface area contributed by atoms with Crippen molar-refractivity contribution < 1.29 is 9.21 Å². The van der Waals surface area contributed by atoms with Crippen LogP contribution in [0.5, 0.6) is 0 Å². The van der Waals surface area contributed by atoms with Crippen LogP contribution in [0.2, 0.25) is 0 Å². The Morgan fingerprint density at radius 1 is 1.16 bits per heavy atom. The van der Waals surface area contributed by atoms with E-state index >= 15 is 0 Å². The Labute approximate surface area is 148 Å². The zero-order chi connectivity index (χ0) is 17.2. The van der Waals surface area contributed by atoms with E-state index in [-0.39, 0.29) is 5.91 Å². The van der Waals surface area contributed by atoms with E-state index in [2.05, 4.69) is 9.88 Å². The highest BCUT2D eigenvalue weighted by Crippen LogP contribution is 2.26. The minimum atomic E-state index is 0.0186. The third kappa shape index (κ3) is 3.33. The van der Waals surface area contributed by atoms with Gasteiger partial charge in [-0.1, -0.05) is 18.2 Å². The number of amides is 1. The second-order valence-corrected chi connectivity index (χ2v) is 7.09. The Bertz CT molecular complexity index is 735. The molecular formula is C20H25N3O2. The van der Waals surface area contributed by atoms with Gasteiger partial charge in [0.2, 0.25) is 5.89 Å². The first-order valence-corrected chi connectivity index (χ1v) is 9.28. The van der Waals surface area contributed by atoms with E-state index in [1.165, 1.54) is 25.9 Å². The van der Waals surface area contributed by atoms with Gasteiger partial charge in [-0.2, -0.15) is 0 Å². The zero-order valence-electron chi connectivity index (χ0n) is 14.8. The van der Waals surface area contributed by atoms with Crippen molar-refractivity contribution in [2.24, 2.45) is 0 Å². The van der Waals surface area contributed by atoms with Crippen molar-refractivity contribution in [3.63, 3.8) is 0 Å². The van der Waals surface area contributed by atoms with Crippen molar-refractivity contribution in [2.75, 3.05) is 26.2 Å². The topological polar surface area (TPSA) is 49.6 Å². The lowest BCUT2D eigenvalue weighted by molar-refractivity contribution is 0.0702. The van der Waals surface area contributed by atoms with Gasteiger partial charge in [0.05, 0.1) is 0 Å². The Morgan fingerprint density at radius 2 is 1.92 bits per heavy atom. The molecule has 4 rings (SSSR count). The first-order chi connectivity index (χ1) is 12.2. The fourth-order valence-electron chi connectivity index (χ4n) is 3.99. The molecule has 25 heavy (non-hydrogen) atoms. The second-order valence-electron chi connectivity index (χ2n) is 7.09. The summed E-state index contributed by atoms with van der Waals surface area (Å²) in [5.41, 5.74) is 1.37. The van der Waals surface area contributed by atoms with Crippen LogP contribution >= 0.6 is 0 Å². The lowest BCUT2D eigenvalue weighted by atomic mass is 10.2. The summed E-state index contributed by atoms with van der Waals surface area (Å²) in [5.74, 6) is 1.15. The van der Waals surface area contributed by atoms with Gasteiger partial charge < -0.3 is 14.2 Å². The van der Waals surface area contributed by atoms with Gasteiger partial charge in [0.25, 0.3) is 5.91 Å². The van der Waals surface area contributed by atoms with Gasteiger partial charge >= 0.3 is 0 Å². The van der Waals surface area contributed by atoms with Crippen molar-refractivity contribution in [1.82, 2.24) is 14.8 Å². The van der Waals surface area contributed by atoms with Crippen LogP contribution < -0.4 is 0 Å². The van der Waals surface area contributed by atoms with Crippen molar-refractivity contribution in [2.45, 2.75) is 38.6 Å². The van der Waals surface area contributed by atoms with E-state index in [9.17, 15) is 4.79 Å². The molecule has 132 valence electrons. The van der Waals surface area contributed by atoms with Gasteiger partial charge in [0.1, 0.15) is 5.76 Å². The number of nitrogens with zero attached hydrogens (tertiary/aromatic N) is 3. The molecule has 1 aromatic carbocycles. The third-order valence-electron chi connectivity index (χ3n) is 5.33. The summed E-state index contributed by atoms with van der Waals surface area (Å²) < 4.78 is 5.78. The maximum absolute atomic E-state index is 13.1. The highest BCUT2D eigenvalue weighted by atomic mass is 16.4. The Kier molecular flexibility index (Phi) is 4.57. The summed E-state index contributed by atoms with van der Waals surface area (Å²) in [6.07, 6.45) is 4.73. The fourth-order valence-corrected chi connectivity index (χ4v) is 3.99. The molecule has 1 atom stereocenters. The molecule has 3 heterocycles. The molecule has 0 spiro atoms. The van der Waals surface area contributed by atoms with Crippen LogP contribution in [0.15, 0.2) is 34.7 Å².